The third-order valence-corrected chi connectivity index (χ3v) is 1.98. The lowest BCUT2D eigenvalue weighted by Gasteiger charge is -2.22. The number of nitrogens with one attached hydrogen (secondary N) is 2. The van der Waals surface area contributed by atoms with Crippen LogP contribution in [0.2, 0.25) is 0 Å². The van der Waals surface area contributed by atoms with Gasteiger partial charge in [0.25, 0.3) is 0 Å². The molecule has 0 spiro atoms. The Hall–Kier alpha value is -0.810. The van der Waals surface area contributed by atoms with Gasteiger partial charge in [-0.2, -0.15) is 0 Å². The first-order chi connectivity index (χ1) is 6.44. The summed E-state index contributed by atoms with van der Waals surface area (Å²) in [6.45, 7) is 3.60. The first-order valence-electron chi connectivity index (χ1n) is 4.71. The average Bonchev–Trinajstić information content (AvgIpc) is 2.13. The molecule has 1 atom stereocenters. The standard InChI is InChI=1S/C9H19N3O2.ClH/c1-4-5-9(2,10)8(14)12-6-7(13)11-3;/h4-6,10H2,1-3H3,(H,11,13)(H,12,14);1H. The van der Waals surface area contributed by atoms with E-state index in [4.69, 9.17) is 5.73 Å². The predicted molar refractivity (Wildman–Crippen MR) is 61.8 cm³/mol. The molecule has 1 unspecified atom stereocenters. The molecule has 2 amide bonds. The van der Waals surface area contributed by atoms with Gasteiger partial charge in [0, 0.05) is 7.05 Å². The van der Waals surface area contributed by atoms with Crippen LogP contribution in [0, 0.1) is 0 Å². The Labute approximate surface area is 96.6 Å². The van der Waals surface area contributed by atoms with Gasteiger partial charge in [-0.25, -0.2) is 0 Å². The van der Waals surface area contributed by atoms with Crippen LogP contribution in [-0.4, -0.2) is 30.9 Å². The third-order valence-electron chi connectivity index (χ3n) is 1.98. The van der Waals surface area contributed by atoms with Crippen LogP contribution in [-0.2, 0) is 9.59 Å². The number of amides is 2. The summed E-state index contributed by atoms with van der Waals surface area (Å²) >= 11 is 0. The topological polar surface area (TPSA) is 84.2 Å². The molecule has 0 aromatic rings. The summed E-state index contributed by atoms with van der Waals surface area (Å²) in [5.74, 6) is -0.520. The number of halogens is 1. The minimum absolute atomic E-state index is 0. The van der Waals surface area contributed by atoms with Crippen molar-refractivity contribution in [2.45, 2.75) is 32.2 Å². The molecule has 0 saturated carbocycles. The number of carbonyl (C=O) groups excluding carboxylic acids is 2. The number of likely N-dealkylation sites (N-methyl/N-ethyl adjacent to an activating group) is 1. The van der Waals surface area contributed by atoms with Gasteiger partial charge in [-0.15, -0.1) is 12.4 Å². The molecule has 0 aromatic heterocycles. The lowest BCUT2D eigenvalue weighted by molar-refractivity contribution is -0.129. The van der Waals surface area contributed by atoms with E-state index >= 15 is 0 Å². The zero-order chi connectivity index (χ0) is 11.2. The zero-order valence-electron chi connectivity index (χ0n) is 9.42. The molecule has 90 valence electrons. The largest absolute Gasteiger partial charge is 0.358 e. The molecule has 0 rings (SSSR count). The fourth-order valence-electron chi connectivity index (χ4n) is 1.08. The maximum absolute atomic E-state index is 11.5. The molecule has 0 saturated heterocycles. The highest BCUT2D eigenvalue weighted by atomic mass is 35.5. The highest BCUT2D eigenvalue weighted by Crippen LogP contribution is 2.07. The molecule has 0 aliphatic heterocycles. The van der Waals surface area contributed by atoms with E-state index in [1.54, 1.807) is 6.92 Å². The van der Waals surface area contributed by atoms with E-state index in [9.17, 15) is 9.59 Å². The zero-order valence-corrected chi connectivity index (χ0v) is 10.2. The van der Waals surface area contributed by atoms with Gasteiger partial charge in [0.15, 0.2) is 0 Å². The fourth-order valence-corrected chi connectivity index (χ4v) is 1.08. The maximum Gasteiger partial charge on any atom is 0.240 e. The Morgan fingerprint density at radius 1 is 1.40 bits per heavy atom. The van der Waals surface area contributed by atoms with Crippen molar-refractivity contribution in [2.75, 3.05) is 13.6 Å². The molecular weight excluding hydrogens is 218 g/mol. The average molecular weight is 238 g/mol. The monoisotopic (exact) mass is 237 g/mol. The Morgan fingerprint density at radius 2 is 1.93 bits per heavy atom. The van der Waals surface area contributed by atoms with Crippen molar-refractivity contribution in [1.29, 1.82) is 0 Å². The first kappa shape index (κ1) is 16.6. The molecule has 0 radical (unpaired) electrons. The quantitative estimate of drug-likeness (QED) is 0.619. The van der Waals surface area contributed by atoms with Gasteiger partial charge in [-0.05, 0) is 13.3 Å². The molecule has 0 fully saturated rings. The molecule has 6 heteroatoms. The van der Waals surface area contributed by atoms with Crippen LogP contribution >= 0.6 is 12.4 Å². The molecule has 5 nitrogen and oxygen atoms in total. The van der Waals surface area contributed by atoms with Gasteiger partial charge in [0.05, 0.1) is 12.1 Å². The van der Waals surface area contributed by atoms with Crippen LogP contribution < -0.4 is 16.4 Å². The summed E-state index contributed by atoms with van der Waals surface area (Å²) < 4.78 is 0. The molecule has 15 heavy (non-hydrogen) atoms. The normalized spacial score (nSPS) is 13.3. The maximum atomic E-state index is 11.5. The second kappa shape index (κ2) is 7.48. The van der Waals surface area contributed by atoms with E-state index in [1.165, 1.54) is 7.05 Å². The molecule has 0 heterocycles. The van der Waals surface area contributed by atoms with E-state index in [0.29, 0.717) is 6.42 Å². The van der Waals surface area contributed by atoms with E-state index < -0.39 is 5.54 Å². The van der Waals surface area contributed by atoms with E-state index in [2.05, 4.69) is 10.6 Å². The summed E-state index contributed by atoms with van der Waals surface area (Å²) in [4.78, 5) is 22.3. The van der Waals surface area contributed by atoms with Crippen LogP contribution in [0.5, 0.6) is 0 Å². The second-order valence-electron chi connectivity index (χ2n) is 3.52. The minimum Gasteiger partial charge on any atom is -0.358 e. The fraction of sp³-hybridized carbons (Fsp3) is 0.778. The molecular formula is C9H20ClN3O2. The predicted octanol–water partition coefficient (Wildman–Crippen LogP) is -0.212. The molecule has 0 bridgehead atoms. The van der Waals surface area contributed by atoms with Crippen LogP contribution in [0.25, 0.3) is 0 Å². The summed E-state index contributed by atoms with van der Waals surface area (Å²) in [6, 6.07) is 0. The number of hydrogen-bond acceptors (Lipinski definition) is 3. The first-order valence-corrected chi connectivity index (χ1v) is 4.71. The van der Waals surface area contributed by atoms with Gasteiger partial charge >= 0.3 is 0 Å². The van der Waals surface area contributed by atoms with E-state index in [-0.39, 0.29) is 30.8 Å². The highest BCUT2D eigenvalue weighted by molar-refractivity contribution is 5.89. The van der Waals surface area contributed by atoms with Gasteiger partial charge in [-0.3, -0.25) is 9.59 Å². The molecule has 0 aliphatic carbocycles. The smallest absolute Gasteiger partial charge is 0.240 e. The summed E-state index contributed by atoms with van der Waals surface area (Å²) in [5, 5.41) is 4.89. The van der Waals surface area contributed by atoms with Crippen molar-refractivity contribution in [3.05, 3.63) is 0 Å². The lowest BCUT2D eigenvalue weighted by Crippen LogP contribution is -2.53. The molecule has 0 aliphatic rings. The lowest BCUT2D eigenvalue weighted by atomic mass is 9.97. The number of nitrogens with two attached hydrogens (primary N) is 1. The third kappa shape index (κ3) is 6.30. The van der Waals surface area contributed by atoms with Gasteiger partial charge in [0.1, 0.15) is 0 Å². The SMILES string of the molecule is CCCC(C)(N)C(=O)NCC(=O)NC.Cl. The second-order valence-corrected chi connectivity index (χ2v) is 3.52. The van der Waals surface area contributed by atoms with Crippen molar-refractivity contribution >= 4 is 24.2 Å². The Kier molecular flexibility index (Phi) is 8.28. The van der Waals surface area contributed by atoms with Crippen molar-refractivity contribution in [2.24, 2.45) is 5.73 Å². The van der Waals surface area contributed by atoms with Crippen molar-refractivity contribution in [3.8, 4) is 0 Å². The minimum atomic E-state index is -0.886. The Bertz CT molecular complexity index is 219. The van der Waals surface area contributed by atoms with Crippen LogP contribution in [0.1, 0.15) is 26.7 Å². The van der Waals surface area contributed by atoms with Gasteiger partial charge in [-0.1, -0.05) is 13.3 Å². The van der Waals surface area contributed by atoms with Crippen molar-refractivity contribution < 1.29 is 9.59 Å². The number of carbonyl (C=O) groups is 2. The number of rotatable bonds is 5. The van der Waals surface area contributed by atoms with Crippen LogP contribution in [0.15, 0.2) is 0 Å². The van der Waals surface area contributed by atoms with Gasteiger partial charge < -0.3 is 16.4 Å². The Balaban J connectivity index is 0. The summed E-state index contributed by atoms with van der Waals surface area (Å²) in [7, 11) is 1.52. The van der Waals surface area contributed by atoms with E-state index in [1.807, 2.05) is 6.92 Å². The summed E-state index contributed by atoms with van der Waals surface area (Å²) in [6.07, 6.45) is 1.44. The molecule has 4 N–H and O–H groups in total. The molecule has 0 aromatic carbocycles. The Morgan fingerprint density at radius 3 is 2.33 bits per heavy atom. The summed E-state index contributed by atoms with van der Waals surface area (Å²) in [5.41, 5.74) is 4.87. The van der Waals surface area contributed by atoms with Crippen LogP contribution in [0.4, 0.5) is 0 Å². The van der Waals surface area contributed by atoms with Crippen molar-refractivity contribution in [1.82, 2.24) is 10.6 Å². The van der Waals surface area contributed by atoms with Gasteiger partial charge in [0.2, 0.25) is 11.8 Å². The van der Waals surface area contributed by atoms with E-state index in [0.717, 1.165) is 6.42 Å². The highest BCUT2D eigenvalue weighted by Gasteiger charge is 2.26. The van der Waals surface area contributed by atoms with Crippen molar-refractivity contribution in [3.63, 3.8) is 0 Å². The number of hydrogen-bond donors (Lipinski definition) is 3. The van der Waals surface area contributed by atoms with Crippen LogP contribution in [0.3, 0.4) is 0 Å².